The number of fused-ring (bicyclic) bond motifs is 13. The number of rotatable bonds is 8. The van der Waals surface area contributed by atoms with Crippen molar-refractivity contribution in [1.29, 1.82) is 0 Å². The summed E-state index contributed by atoms with van der Waals surface area (Å²) >= 11 is 0. The molecule has 4 nitrogen and oxygen atoms in total. The predicted molar refractivity (Wildman–Crippen MR) is 431 cm³/mol. The third-order valence-corrected chi connectivity index (χ3v) is 21.3. The van der Waals surface area contributed by atoms with Gasteiger partial charge in [-0.1, -0.05) is 286 Å². The van der Waals surface area contributed by atoms with E-state index in [4.69, 9.17) is 10.2 Å². The van der Waals surface area contributed by atoms with E-state index < -0.39 is 126 Å². The molecule has 0 saturated carbocycles. The van der Waals surface area contributed by atoms with Crippen LogP contribution in [0.25, 0.3) is 99.5 Å². The first-order valence-corrected chi connectivity index (χ1v) is 34.7. The SMILES string of the molecule is [2H]c1c([2H])c([2H])c(C2(c3c([2H])c([2H])c([2H])c([2H])c3[2H])c3ccccc3-c3cccc(-c4cc5c6c(c4)N(c4c(-c7ccccc7)cc(C(C)(C)C)cc4-c4ccccc4)c4cc(-n7c8c([2H])c([2H])c([2H])c([2H])c8c8c([2H])c([2H])c([2H])c([2H])c87)ccc4B6c4ccc(-n6c7ccc(C(C)(C)C)cc7c7cc(C(C)(C)C)ccc76)cc4O5)c32)c([2H])c1[2H]. The maximum absolute atomic E-state index is 10.2. The highest BCUT2D eigenvalue weighted by Gasteiger charge is 2.49. The van der Waals surface area contributed by atoms with Crippen LogP contribution >= 0.6 is 0 Å². The first-order chi connectivity index (χ1) is 57.0. The Labute approximate surface area is 623 Å². The number of hydrogen-bond donors (Lipinski definition) is 0. The van der Waals surface area contributed by atoms with E-state index in [0.29, 0.717) is 56.3 Å². The summed E-state index contributed by atoms with van der Waals surface area (Å²) in [6.45, 7) is 19.0. The summed E-state index contributed by atoms with van der Waals surface area (Å²) in [5.74, 6) is 0.817. The molecule has 2 aliphatic heterocycles. The van der Waals surface area contributed by atoms with Crippen molar-refractivity contribution >= 4 is 83.8 Å². The zero-order chi connectivity index (χ0) is 84.8. The Morgan fingerprint density at radius 2 is 0.853 bits per heavy atom. The summed E-state index contributed by atoms with van der Waals surface area (Å²) < 4.78 is 184. The Kier molecular flexibility index (Phi) is 10.0. The van der Waals surface area contributed by atoms with Gasteiger partial charge in [-0.15, -0.1) is 0 Å². The lowest BCUT2D eigenvalue weighted by Gasteiger charge is -2.42. The van der Waals surface area contributed by atoms with Gasteiger partial charge < -0.3 is 18.8 Å². The van der Waals surface area contributed by atoms with Crippen LogP contribution in [0, 0.1) is 0 Å². The molecule has 490 valence electrons. The van der Waals surface area contributed by atoms with Gasteiger partial charge in [0.25, 0.3) is 6.71 Å². The molecule has 0 fully saturated rings. The molecule has 102 heavy (non-hydrogen) atoms. The fraction of sp³-hybridized carbons (Fsp3) is 0.134. The molecule has 0 unspecified atom stereocenters. The first kappa shape index (κ1) is 45.2. The molecule has 1 aliphatic carbocycles. The van der Waals surface area contributed by atoms with Crippen molar-refractivity contribution in [3.8, 4) is 67.4 Å². The molecule has 4 heterocycles. The van der Waals surface area contributed by atoms with Crippen LogP contribution in [0.1, 0.15) is 126 Å². The third kappa shape index (κ3) is 9.29. The quantitative estimate of drug-likeness (QED) is 0.142. The van der Waals surface area contributed by atoms with Crippen molar-refractivity contribution in [3.63, 3.8) is 0 Å². The van der Waals surface area contributed by atoms with Gasteiger partial charge in [-0.3, -0.25) is 0 Å². The van der Waals surface area contributed by atoms with E-state index >= 15 is 0 Å². The van der Waals surface area contributed by atoms with Crippen molar-refractivity contribution in [2.75, 3.05) is 4.90 Å². The third-order valence-electron chi connectivity index (χ3n) is 21.3. The van der Waals surface area contributed by atoms with E-state index in [1.807, 2.05) is 91.0 Å². The summed E-state index contributed by atoms with van der Waals surface area (Å²) in [6, 6.07) is 55.2. The molecular weight excluding hydrogens is 1230 g/mol. The lowest BCUT2D eigenvalue weighted by molar-refractivity contribution is 0.487. The molecule has 0 radical (unpaired) electrons. The molecule has 0 bridgehead atoms. The Morgan fingerprint density at radius 1 is 0.353 bits per heavy atom. The topological polar surface area (TPSA) is 22.3 Å². The predicted octanol–water partition coefficient (Wildman–Crippen LogP) is 23.5. The van der Waals surface area contributed by atoms with Crippen LogP contribution in [0.15, 0.2) is 309 Å². The minimum absolute atomic E-state index is 0.0846. The summed E-state index contributed by atoms with van der Waals surface area (Å²) in [5, 5.41) is 1.93. The van der Waals surface area contributed by atoms with Crippen LogP contribution in [-0.4, -0.2) is 15.8 Å². The van der Waals surface area contributed by atoms with Crippen LogP contribution in [0.4, 0.5) is 17.1 Å². The lowest BCUT2D eigenvalue weighted by atomic mass is 9.34. The normalized spacial score (nSPS) is 16.1. The number of ether oxygens (including phenoxy) is 1. The van der Waals surface area contributed by atoms with E-state index in [9.17, 15) is 19.2 Å². The van der Waals surface area contributed by atoms with Crippen molar-refractivity contribution in [2.24, 2.45) is 0 Å². The molecule has 19 rings (SSSR count). The Balaban J connectivity index is 1.00. The van der Waals surface area contributed by atoms with Crippen molar-refractivity contribution in [2.45, 2.75) is 84.0 Å². The standard InChI is InChI=1S/C97H78BN3O/c1-94(2,3)66-45-51-85-78(55-66)79-56-67(95(4,5)6)46-52-86(79)100(85)70-48-50-82-89(60-70)102-90-54-63(71-40-28-41-75-72-37-22-25-42-80(72)97(91(71)75,64-33-18-12-19-34-64)65-35-20-13-21-36-65)53-88-92(90)98(82)81-49-47-69(99-83-43-26-23-38-73(83)74-39-24-27-44-84(74)99)59-87(81)101(88)93-76(61-29-14-10-15-30-61)57-68(96(7,8)9)58-77(93)62-31-16-11-17-32-62/h10-60H,1-9H3/i12D,13D,18D,19D,20D,21D,23D,24D,26D,27D,33D,34D,35D,36D,38D,39D,43D,44D. The van der Waals surface area contributed by atoms with Crippen molar-refractivity contribution in [3.05, 3.63) is 348 Å². The zero-order valence-electron chi connectivity index (χ0n) is 75.9. The Hall–Kier alpha value is -11.7. The van der Waals surface area contributed by atoms with Crippen LogP contribution < -0.4 is 26.0 Å². The van der Waals surface area contributed by atoms with Gasteiger partial charge >= 0.3 is 0 Å². The van der Waals surface area contributed by atoms with Gasteiger partial charge in [0.05, 0.1) is 57.8 Å². The van der Waals surface area contributed by atoms with Crippen LogP contribution in [0.2, 0.25) is 0 Å². The maximum Gasteiger partial charge on any atom is 0.256 e. The van der Waals surface area contributed by atoms with Crippen molar-refractivity contribution < 1.29 is 29.4 Å². The fourth-order valence-corrected chi connectivity index (χ4v) is 16.4. The average molecular weight is 1330 g/mol. The van der Waals surface area contributed by atoms with Crippen LogP contribution in [0.5, 0.6) is 11.5 Å². The Morgan fingerprint density at radius 3 is 1.43 bits per heavy atom. The summed E-state index contributed by atoms with van der Waals surface area (Å²) in [4.78, 5) is 2.18. The van der Waals surface area contributed by atoms with E-state index in [1.54, 1.807) is 18.2 Å². The average Bonchev–Trinajstić information content (AvgIpc) is 1.57. The van der Waals surface area contributed by atoms with E-state index in [-0.39, 0.29) is 60.6 Å². The summed E-state index contributed by atoms with van der Waals surface area (Å²) in [6.07, 6.45) is 0. The summed E-state index contributed by atoms with van der Waals surface area (Å²) in [5.41, 5.74) is 11.5. The monoisotopic (exact) mass is 1330 g/mol. The molecule has 16 aromatic rings. The molecule has 5 heteroatoms. The van der Waals surface area contributed by atoms with E-state index in [2.05, 4.69) is 163 Å². The number of para-hydroxylation sites is 2. The highest BCUT2D eigenvalue weighted by molar-refractivity contribution is 6.99. The highest BCUT2D eigenvalue weighted by atomic mass is 16.5. The highest BCUT2D eigenvalue weighted by Crippen LogP contribution is 2.60. The first-order valence-electron chi connectivity index (χ1n) is 43.7. The van der Waals surface area contributed by atoms with Crippen molar-refractivity contribution in [1.82, 2.24) is 9.13 Å². The minimum atomic E-state index is -2.30. The van der Waals surface area contributed by atoms with Gasteiger partial charge in [-0.25, -0.2) is 0 Å². The van der Waals surface area contributed by atoms with Crippen LogP contribution in [0.3, 0.4) is 0 Å². The van der Waals surface area contributed by atoms with E-state index in [1.165, 1.54) is 4.57 Å². The molecule has 2 aromatic heterocycles. The van der Waals surface area contributed by atoms with Gasteiger partial charge in [0.1, 0.15) is 11.5 Å². The van der Waals surface area contributed by atoms with E-state index in [0.717, 1.165) is 77.4 Å². The molecular formula is C97H78BN3O. The second kappa shape index (κ2) is 22.7. The maximum atomic E-state index is 10.2. The molecule has 0 atom stereocenters. The number of hydrogen-bond acceptors (Lipinski definition) is 2. The van der Waals surface area contributed by atoms with Gasteiger partial charge in [0.2, 0.25) is 0 Å². The molecule has 3 aliphatic rings. The zero-order valence-corrected chi connectivity index (χ0v) is 57.9. The molecule has 0 saturated heterocycles. The largest absolute Gasteiger partial charge is 0.458 e. The number of aromatic nitrogens is 2. The summed E-state index contributed by atoms with van der Waals surface area (Å²) in [7, 11) is 0. The number of benzene rings is 14. The smallest absolute Gasteiger partial charge is 0.256 e. The number of nitrogens with zero attached hydrogens (tertiary/aromatic N) is 3. The Bertz CT molecular complexity index is 6920. The van der Waals surface area contributed by atoms with Gasteiger partial charge in [-0.2, -0.15) is 0 Å². The van der Waals surface area contributed by atoms with Gasteiger partial charge in [0.15, 0.2) is 0 Å². The lowest BCUT2D eigenvalue weighted by Crippen LogP contribution is -2.59. The number of anilines is 3. The molecule has 0 N–H and O–H groups in total. The molecule has 0 spiro atoms. The van der Waals surface area contributed by atoms with Crippen LogP contribution in [-0.2, 0) is 21.7 Å². The molecule has 14 aromatic carbocycles. The second-order valence-electron chi connectivity index (χ2n) is 30.3. The second-order valence-corrected chi connectivity index (χ2v) is 30.3. The molecule has 0 amide bonds. The fourth-order valence-electron chi connectivity index (χ4n) is 16.4. The van der Waals surface area contributed by atoms with Gasteiger partial charge in [0, 0.05) is 61.5 Å². The van der Waals surface area contributed by atoms with Gasteiger partial charge in [-0.05, 0) is 184 Å². The minimum Gasteiger partial charge on any atom is -0.458 e.